The van der Waals surface area contributed by atoms with Crippen LogP contribution in [0.3, 0.4) is 0 Å². The molecular weight excluding hydrogens is 344 g/mol. The number of hydrogen-bond acceptors (Lipinski definition) is 3. The summed E-state index contributed by atoms with van der Waals surface area (Å²) < 4.78 is 0. The third-order valence-corrected chi connectivity index (χ3v) is 5.92. The quantitative estimate of drug-likeness (QED) is 0.793. The normalized spacial score (nSPS) is 19.1. The molecule has 3 rings (SSSR count). The van der Waals surface area contributed by atoms with Gasteiger partial charge in [-0.2, -0.15) is 0 Å². The van der Waals surface area contributed by atoms with Gasteiger partial charge >= 0.3 is 5.97 Å². The van der Waals surface area contributed by atoms with Crippen LogP contribution < -0.4 is 10.2 Å². The Labute approximate surface area is 159 Å². The summed E-state index contributed by atoms with van der Waals surface area (Å²) in [6, 6.07) is 5.58. The van der Waals surface area contributed by atoms with Gasteiger partial charge in [-0.3, -0.25) is 14.4 Å². The lowest BCUT2D eigenvalue weighted by Gasteiger charge is -2.35. The molecule has 0 aromatic heterocycles. The van der Waals surface area contributed by atoms with Gasteiger partial charge in [0.05, 0.1) is 6.42 Å². The third-order valence-electron chi connectivity index (χ3n) is 5.92. The van der Waals surface area contributed by atoms with Gasteiger partial charge < -0.3 is 15.3 Å². The molecule has 2 amide bonds. The number of carbonyl (C=O) groups excluding carboxylic acids is 2. The Morgan fingerprint density at radius 3 is 2.52 bits per heavy atom. The van der Waals surface area contributed by atoms with Crippen LogP contribution in [0.25, 0.3) is 0 Å². The van der Waals surface area contributed by atoms with E-state index in [-0.39, 0.29) is 24.7 Å². The molecule has 2 fully saturated rings. The zero-order chi connectivity index (χ0) is 19.4. The van der Waals surface area contributed by atoms with Crippen LogP contribution in [0, 0.1) is 12.3 Å². The van der Waals surface area contributed by atoms with Gasteiger partial charge in [-0.15, -0.1) is 0 Å². The summed E-state index contributed by atoms with van der Waals surface area (Å²) in [7, 11) is 0. The van der Waals surface area contributed by atoms with Crippen molar-refractivity contribution in [1.29, 1.82) is 0 Å². The van der Waals surface area contributed by atoms with Gasteiger partial charge in [-0.1, -0.05) is 25.3 Å². The average Bonchev–Trinajstić information content (AvgIpc) is 3.02. The van der Waals surface area contributed by atoms with Gasteiger partial charge in [-0.05, 0) is 49.3 Å². The summed E-state index contributed by atoms with van der Waals surface area (Å²) in [5.41, 5.74) is 1.97. The predicted molar refractivity (Wildman–Crippen MR) is 104 cm³/mol. The highest BCUT2D eigenvalue weighted by atomic mass is 16.4. The summed E-state index contributed by atoms with van der Waals surface area (Å²) in [5, 5.41) is 12.3. The molecule has 0 bridgehead atoms. The average molecular weight is 372 g/mol. The fraction of sp³-hybridized carbons (Fsp3) is 0.571. The van der Waals surface area contributed by atoms with E-state index >= 15 is 0 Å². The number of nitrogens with one attached hydrogen (secondary N) is 1. The maximum Gasteiger partial charge on any atom is 0.303 e. The zero-order valence-electron chi connectivity index (χ0n) is 15.9. The van der Waals surface area contributed by atoms with Crippen LogP contribution in [-0.2, 0) is 14.4 Å². The minimum atomic E-state index is -0.838. The first kappa shape index (κ1) is 19.4. The largest absolute Gasteiger partial charge is 0.481 e. The van der Waals surface area contributed by atoms with E-state index in [0.717, 1.165) is 49.8 Å². The second-order valence-corrected chi connectivity index (χ2v) is 7.95. The summed E-state index contributed by atoms with van der Waals surface area (Å²) in [5.74, 6) is -0.870. The molecule has 1 aromatic carbocycles. The fourth-order valence-corrected chi connectivity index (χ4v) is 4.53. The first-order chi connectivity index (χ1) is 12.9. The number of carbonyl (C=O) groups is 3. The molecule has 1 aromatic rings. The molecule has 1 heterocycles. The van der Waals surface area contributed by atoms with Crippen molar-refractivity contribution in [2.24, 2.45) is 5.41 Å². The Balaban J connectivity index is 1.73. The van der Waals surface area contributed by atoms with Gasteiger partial charge in [-0.25, -0.2) is 0 Å². The van der Waals surface area contributed by atoms with Crippen molar-refractivity contribution in [2.75, 3.05) is 16.8 Å². The van der Waals surface area contributed by atoms with E-state index in [2.05, 4.69) is 5.32 Å². The summed E-state index contributed by atoms with van der Waals surface area (Å²) in [6.45, 7) is 2.61. The Kier molecular flexibility index (Phi) is 5.82. The van der Waals surface area contributed by atoms with Crippen LogP contribution in [0.15, 0.2) is 18.2 Å². The maximum atomic E-state index is 12.7. The molecule has 1 aliphatic heterocycles. The molecule has 0 radical (unpaired) electrons. The highest BCUT2D eigenvalue weighted by Crippen LogP contribution is 2.42. The second kappa shape index (κ2) is 8.11. The van der Waals surface area contributed by atoms with E-state index < -0.39 is 11.4 Å². The Morgan fingerprint density at radius 2 is 1.89 bits per heavy atom. The molecule has 1 saturated carbocycles. The van der Waals surface area contributed by atoms with Gasteiger partial charge in [0.25, 0.3) is 0 Å². The van der Waals surface area contributed by atoms with Crippen molar-refractivity contribution in [3.8, 4) is 0 Å². The van der Waals surface area contributed by atoms with Crippen molar-refractivity contribution in [1.82, 2.24) is 0 Å². The predicted octanol–water partition coefficient (Wildman–Crippen LogP) is 3.88. The molecule has 0 atom stereocenters. The number of amides is 2. The van der Waals surface area contributed by atoms with Crippen LogP contribution in [0.1, 0.15) is 63.4 Å². The van der Waals surface area contributed by atoms with Crippen LogP contribution in [0.5, 0.6) is 0 Å². The molecule has 146 valence electrons. The number of aliphatic carboxylic acids is 1. The second-order valence-electron chi connectivity index (χ2n) is 7.95. The van der Waals surface area contributed by atoms with Crippen molar-refractivity contribution in [3.05, 3.63) is 23.8 Å². The molecule has 2 N–H and O–H groups in total. The molecule has 1 saturated heterocycles. The maximum absolute atomic E-state index is 12.7. The zero-order valence-corrected chi connectivity index (χ0v) is 15.9. The number of rotatable bonds is 6. The first-order valence-corrected chi connectivity index (χ1v) is 9.82. The lowest BCUT2D eigenvalue weighted by Crippen LogP contribution is -2.32. The molecule has 0 spiro atoms. The minimum Gasteiger partial charge on any atom is -0.481 e. The number of benzene rings is 1. The fourth-order valence-electron chi connectivity index (χ4n) is 4.53. The van der Waals surface area contributed by atoms with Gasteiger partial charge in [0.1, 0.15) is 0 Å². The van der Waals surface area contributed by atoms with E-state index in [4.69, 9.17) is 0 Å². The van der Waals surface area contributed by atoms with Crippen LogP contribution >= 0.6 is 0 Å². The molecule has 27 heavy (non-hydrogen) atoms. The molecule has 6 heteroatoms. The highest BCUT2D eigenvalue weighted by Gasteiger charge is 2.36. The highest BCUT2D eigenvalue weighted by molar-refractivity contribution is 5.98. The van der Waals surface area contributed by atoms with Crippen LogP contribution in [0.4, 0.5) is 11.4 Å². The Morgan fingerprint density at radius 1 is 1.15 bits per heavy atom. The summed E-state index contributed by atoms with van der Waals surface area (Å²) in [6.07, 6.45) is 6.32. The number of nitrogens with zero attached hydrogens (tertiary/aromatic N) is 1. The van der Waals surface area contributed by atoms with E-state index in [1.54, 1.807) is 4.90 Å². The minimum absolute atomic E-state index is 0.0434. The standard InChI is InChI=1S/C21H28N2O4/c1-15-16(7-5-8-17(15)23-12-6-9-19(23)25)22-18(24)13-21(14-20(26)27)10-3-2-4-11-21/h5,7-8H,2-4,6,9-14H2,1H3,(H,22,24)(H,26,27). The van der Waals surface area contributed by atoms with Gasteiger partial charge in [0.2, 0.25) is 11.8 Å². The van der Waals surface area contributed by atoms with Crippen molar-refractivity contribution < 1.29 is 19.5 Å². The summed E-state index contributed by atoms with van der Waals surface area (Å²) in [4.78, 5) is 37.9. The third kappa shape index (κ3) is 4.49. The van der Waals surface area contributed by atoms with E-state index in [9.17, 15) is 19.5 Å². The van der Waals surface area contributed by atoms with Crippen molar-refractivity contribution >= 4 is 29.2 Å². The molecular formula is C21H28N2O4. The summed E-state index contributed by atoms with van der Waals surface area (Å²) >= 11 is 0. The van der Waals surface area contributed by atoms with Gasteiger partial charge in [0.15, 0.2) is 0 Å². The monoisotopic (exact) mass is 372 g/mol. The smallest absolute Gasteiger partial charge is 0.303 e. The number of anilines is 2. The van der Waals surface area contributed by atoms with Crippen molar-refractivity contribution in [2.45, 2.75) is 64.7 Å². The molecule has 0 unspecified atom stereocenters. The van der Waals surface area contributed by atoms with E-state index in [1.807, 2.05) is 25.1 Å². The Bertz CT molecular complexity index is 738. The van der Waals surface area contributed by atoms with Crippen LogP contribution in [-0.4, -0.2) is 29.4 Å². The lowest BCUT2D eigenvalue weighted by molar-refractivity contribution is -0.141. The van der Waals surface area contributed by atoms with E-state index in [0.29, 0.717) is 18.7 Å². The molecule has 1 aliphatic carbocycles. The Hall–Kier alpha value is -2.37. The number of hydrogen-bond donors (Lipinski definition) is 2. The first-order valence-electron chi connectivity index (χ1n) is 9.82. The number of carboxylic acids is 1. The lowest BCUT2D eigenvalue weighted by atomic mass is 9.69. The SMILES string of the molecule is Cc1c(NC(=O)CC2(CC(=O)O)CCCCC2)cccc1N1CCCC1=O. The van der Waals surface area contributed by atoms with Crippen LogP contribution in [0.2, 0.25) is 0 Å². The number of carboxylic acid groups (broad SMARTS) is 1. The van der Waals surface area contributed by atoms with E-state index in [1.165, 1.54) is 0 Å². The topological polar surface area (TPSA) is 86.7 Å². The molecule has 2 aliphatic rings. The van der Waals surface area contributed by atoms with Gasteiger partial charge in [0, 0.05) is 30.8 Å². The molecule has 6 nitrogen and oxygen atoms in total. The van der Waals surface area contributed by atoms with Crippen molar-refractivity contribution in [3.63, 3.8) is 0 Å².